The normalized spacial score (nSPS) is 14.3. The van der Waals surface area contributed by atoms with Gasteiger partial charge in [0, 0.05) is 0 Å². The Morgan fingerprint density at radius 3 is 2.28 bits per heavy atom. The molecule has 0 saturated heterocycles. The number of fused-ring (bicyclic) bond motifs is 1. The summed E-state index contributed by atoms with van der Waals surface area (Å²) in [5.41, 5.74) is 5.68. The summed E-state index contributed by atoms with van der Waals surface area (Å²) in [6, 6.07) is 25.9. The van der Waals surface area contributed by atoms with E-state index in [1.807, 2.05) is 66.7 Å². The molecule has 0 fully saturated rings. The van der Waals surface area contributed by atoms with Crippen molar-refractivity contribution < 1.29 is 14.6 Å². The minimum Gasteiger partial charge on any atom is -0.504 e. The third-order valence-electron chi connectivity index (χ3n) is 5.45. The Morgan fingerprint density at radius 1 is 0.875 bits per heavy atom. The van der Waals surface area contributed by atoms with E-state index in [1.165, 1.54) is 16.7 Å². The van der Waals surface area contributed by atoms with Crippen LogP contribution in [-0.2, 0) is 15.9 Å². The smallest absolute Gasteiger partial charge is 0.161 e. The summed E-state index contributed by atoms with van der Waals surface area (Å²) in [7, 11) is 0. The first-order valence-electron chi connectivity index (χ1n) is 11.0. The first-order valence-corrected chi connectivity index (χ1v) is 11.0. The molecule has 3 aromatic carbocycles. The zero-order valence-electron chi connectivity index (χ0n) is 18.3. The number of hydrogen-bond donors (Lipinski definition) is 1. The van der Waals surface area contributed by atoms with Gasteiger partial charge in [-0.25, -0.2) is 0 Å². The van der Waals surface area contributed by atoms with E-state index in [4.69, 9.17) is 9.47 Å². The molecule has 1 aliphatic rings. The molecule has 0 radical (unpaired) electrons. The molecule has 0 aromatic heterocycles. The fraction of sp³-hybridized carbons (Fsp3) is 0.172. The number of rotatable bonds is 9. The quantitative estimate of drug-likeness (QED) is 0.228. The largest absolute Gasteiger partial charge is 0.504 e. The van der Waals surface area contributed by atoms with E-state index < -0.39 is 0 Å². The number of benzene rings is 3. The molecule has 3 heteroatoms. The SMILES string of the molecule is CC(OCCOC(=Cc1ccccc1)C(O)=Cc1ccccc1)c1cccc2c1C=CC2. The van der Waals surface area contributed by atoms with Crippen LogP contribution < -0.4 is 0 Å². The van der Waals surface area contributed by atoms with Crippen molar-refractivity contribution in [2.24, 2.45) is 0 Å². The highest BCUT2D eigenvalue weighted by atomic mass is 16.5. The first kappa shape index (κ1) is 21.7. The van der Waals surface area contributed by atoms with Gasteiger partial charge in [0.05, 0.1) is 12.7 Å². The van der Waals surface area contributed by atoms with Crippen LogP contribution in [0.5, 0.6) is 0 Å². The first-order chi connectivity index (χ1) is 15.7. The molecule has 162 valence electrons. The molecule has 0 aliphatic heterocycles. The van der Waals surface area contributed by atoms with E-state index in [0.717, 1.165) is 17.5 Å². The average molecular weight is 425 g/mol. The third-order valence-corrected chi connectivity index (χ3v) is 5.45. The van der Waals surface area contributed by atoms with Crippen molar-refractivity contribution in [2.75, 3.05) is 13.2 Å². The molecule has 0 bridgehead atoms. The van der Waals surface area contributed by atoms with Gasteiger partial charge in [0.2, 0.25) is 0 Å². The van der Waals surface area contributed by atoms with E-state index in [-0.39, 0.29) is 11.9 Å². The van der Waals surface area contributed by atoms with E-state index in [0.29, 0.717) is 19.0 Å². The standard InChI is InChI=1S/C29H28O3/c1-22(26-16-8-14-25-15-9-17-27(25)26)31-18-19-32-29(21-24-12-6-3-7-13-24)28(30)20-23-10-4-2-5-11-23/h2-14,16-17,20-22,30H,15,18-19H2,1H3. The molecule has 32 heavy (non-hydrogen) atoms. The molecule has 0 heterocycles. The predicted octanol–water partition coefficient (Wildman–Crippen LogP) is 6.99. The lowest BCUT2D eigenvalue weighted by atomic mass is 10.00. The van der Waals surface area contributed by atoms with Crippen LogP contribution in [-0.4, -0.2) is 18.3 Å². The number of allylic oxidation sites excluding steroid dienone is 1. The number of aliphatic hydroxyl groups excluding tert-OH is 1. The van der Waals surface area contributed by atoms with Gasteiger partial charge in [0.15, 0.2) is 11.5 Å². The van der Waals surface area contributed by atoms with Crippen LogP contribution in [0.3, 0.4) is 0 Å². The summed E-state index contributed by atoms with van der Waals surface area (Å²) in [5, 5.41) is 10.7. The lowest BCUT2D eigenvalue weighted by Gasteiger charge is -2.17. The summed E-state index contributed by atoms with van der Waals surface area (Å²) in [6.07, 6.45) is 8.86. The van der Waals surface area contributed by atoms with Gasteiger partial charge in [-0.2, -0.15) is 0 Å². The highest BCUT2D eigenvalue weighted by Crippen LogP contribution is 2.29. The lowest BCUT2D eigenvalue weighted by molar-refractivity contribution is 0.0284. The summed E-state index contributed by atoms with van der Waals surface area (Å²) in [4.78, 5) is 0. The van der Waals surface area contributed by atoms with Crippen LogP contribution in [0.15, 0.2) is 96.5 Å². The maximum atomic E-state index is 10.7. The molecular formula is C29H28O3. The Bertz CT molecular complexity index is 1110. The van der Waals surface area contributed by atoms with Gasteiger partial charge in [0.1, 0.15) is 6.61 Å². The Morgan fingerprint density at radius 2 is 1.56 bits per heavy atom. The average Bonchev–Trinajstić information content (AvgIpc) is 3.31. The van der Waals surface area contributed by atoms with Crippen LogP contribution >= 0.6 is 0 Å². The molecule has 0 saturated carbocycles. The third kappa shape index (κ3) is 5.57. The Hall–Kier alpha value is -3.56. The lowest BCUT2D eigenvalue weighted by Crippen LogP contribution is -2.09. The van der Waals surface area contributed by atoms with Crippen molar-refractivity contribution in [1.82, 2.24) is 0 Å². The maximum absolute atomic E-state index is 10.7. The number of ether oxygens (including phenoxy) is 2. The Labute approximate surface area is 190 Å². The molecular weight excluding hydrogens is 396 g/mol. The van der Waals surface area contributed by atoms with Crippen molar-refractivity contribution in [3.63, 3.8) is 0 Å². The minimum absolute atomic E-state index is 0.0358. The van der Waals surface area contributed by atoms with E-state index >= 15 is 0 Å². The van der Waals surface area contributed by atoms with E-state index in [9.17, 15) is 5.11 Å². The van der Waals surface area contributed by atoms with Gasteiger partial charge >= 0.3 is 0 Å². The van der Waals surface area contributed by atoms with Crippen LogP contribution in [0.4, 0.5) is 0 Å². The molecule has 1 N–H and O–H groups in total. The highest BCUT2D eigenvalue weighted by molar-refractivity contribution is 5.64. The molecule has 3 aromatic rings. The fourth-order valence-corrected chi connectivity index (χ4v) is 3.81. The Kier molecular flexibility index (Phi) is 7.21. The number of hydrogen-bond acceptors (Lipinski definition) is 3. The predicted molar refractivity (Wildman–Crippen MR) is 131 cm³/mol. The summed E-state index contributed by atoms with van der Waals surface area (Å²) in [6.45, 7) is 2.81. The second-order valence-corrected chi connectivity index (χ2v) is 7.75. The van der Waals surface area contributed by atoms with Crippen molar-refractivity contribution in [1.29, 1.82) is 0 Å². The topological polar surface area (TPSA) is 38.7 Å². The van der Waals surface area contributed by atoms with E-state index in [2.05, 4.69) is 37.3 Å². The second-order valence-electron chi connectivity index (χ2n) is 7.75. The van der Waals surface area contributed by atoms with Crippen LogP contribution in [0.1, 0.15) is 40.8 Å². The summed E-state index contributed by atoms with van der Waals surface area (Å²) in [5.74, 6) is 0.499. The molecule has 1 atom stereocenters. The summed E-state index contributed by atoms with van der Waals surface area (Å²) >= 11 is 0. The van der Waals surface area contributed by atoms with Crippen molar-refractivity contribution in [3.8, 4) is 0 Å². The second kappa shape index (κ2) is 10.7. The molecule has 1 aliphatic carbocycles. The van der Waals surface area contributed by atoms with Crippen molar-refractivity contribution >= 4 is 18.2 Å². The summed E-state index contributed by atoms with van der Waals surface area (Å²) < 4.78 is 12.0. The van der Waals surface area contributed by atoms with Gasteiger partial charge in [-0.05, 0) is 53.3 Å². The molecule has 0 amide bonds. The molecule has 0 spiro atoms. The van der Waals surface area contributed by atoms with Gasteiger partial charge < -0.3 is 14.6 Å². The van der Waals surface area contributed by atoms with Gasteiger partial charge in [-0.15, -0.1) is 0 Å². The monoisotopic (exact) mass is 424 g/mol. The Balaban J connectivity index is 1.42. The van der Waals surface area contributed by atoms with Gasteiger partial charge in [-0.1, -0.05) is 91.0 Å². The van der Waals surface area contributed by atoms with E-state index in [1.54, 1.807) is 6.08 Å². The maximum Gasteiger partial charge on any atom is 0.161 e. The minimum atomic E-state index is -0.0358. The zero-order valence-corrected chi connectivity index (χ0v) is 18.3. The molecule has 3 nitrogen and oxygen atoms in total. The van der Waals surface area contributed by atoms with Gasteiger partial charge in [-0.3, -0.25) is 0 Å². The van der Waals surface area contributed by atoms with Crippen molar-refractivity contribution in [3.05, 3.63) is 124 Å². The molecule has 4 rings (SSSR count). The molecule has 1 unspecified atom stereocenters. The van der Waals surface area contributed by atoms with Crippen LogP contribution in [0.2, 0.25) is 0 Å². The fourth-order valence-electron chi connectivity index (χ4n) is 3.81. The highest BCUT2D eigenvalue weighted by Gasteiger charge is 2.15. The van der Waals surface area contributed by atoms with Crippen molar-refractivity contribution in [2.45, 2.75) is 19.4 Å². The van der Waals surface area contributed by atoms with Crippen LogP contribution in [0.25, 0.3) is 18.2 Å². The zero-order chi connectivity index (χ0) is 22.2. The number of aliphatic hydroxyl groups is 1. The van der Waals surface area contributed by atoms with Crippen LogP contribution in [0, 0.1) is 0 Å². The van der Waals surface area contributed by atoms with Gasteiger partial charge in [0.25, 0.3) is 0 Å².